The summed E-state index contributed by atoms with van der Waals surface area (Å²) in [6.07, 6.45) is 6.43. The van der Waals surface area contributed by atoms with Crippen LogP contribution in [0.4, 0.5) is 0 Å². The Morgan fingerprint density at radius 1 is 1.29 bits per heavy atom. The molecule has 1 rings (SSSR count). The lowest BCUT2D eigenvalue weighted by Gasteiger charge is -2.31. The predicted molar refractivity (Wildman–Crippen MR) is 63.2 cm³/mol. The van der Waals surface area contributed by atoms with E-state index < -0.39 is 0 Å². The van der Waals surface area contributed by atoms with Crippen LogP contribution >= 0.6 is 0 Å². The zero-order chi connectivity index (χ0) is 10.6. The highest BCUT2D eigenvalue weighted by Crippen LogP contribution is 2.25. The van der Waals surface area contributed by atoms with Gasteiger partial charge in [-0.15, -0.1) is 0 Å². The normalized spacial score (nSPS) is 21.1. The molecule has 0 amide bonds. The van der Waals surface area contributed by atoms with E-state index in [2.05, 4.69) is 39.0 Å². The first-order valence-corrected chi connectivity index (χ1v) is 6.06. The molecule has 0 bridgehead atoms. The Hall–Kier alpha value is -0.170. The van der Waals surface area contributed by atoms with Crippen LogP contribution in [0.1, 0.15) is 47.0 Å². The van der Waals surface area contributed by atoms with Crippen LogP contribution in [-0.2, 0) is 0 Å². The number of piperidine rings is 1. The fourth-order valence-corrected chi connectivity index (χ4v) is 1.88. The van der Waals surface area contributed by atoms with Crippen molar-refractivity contribution in [2.24, 2.45) is 11.3 Å². The van der Waals surface area contributed by atoms with Crippen molar-refractivity contribution in [3.05, 3.63) is 6.42 Å². The molecule has 0 unspecified atom stereocenters. The van der Waals surface area contributed by atoms with Crippen molar-refractivity contribution < 1.29 is 0 Å². The van der Waals surface area contributed by atoms with E-state index in [1.807, 2.05) is 0 Å². The molecule has 1 fully saturated rings. The molecule has 0 radical (unpaired) electrons. The van der Waals surface area contributed by atoms with E-state index in [1.54, 1.807) is 0 Å². The van der Waals surface area contributed by atoms with Crippen LogP contribution < -0.4 is 0 Å². The van der Waals surface area contributed by atoms with Crippen LogP contribution in [0.2, 0.25) is 0 Å². The molecular weight excluding hydrogens is 170 g/mol. The smallest absolute Gasteiger partial charge is 0.103 e. The molecule has 1 heteroatoms. The lowest BCUT2D eigenvalue weighted by molar-refractivity contribution is 0.172. The number of rotatable bonds is 4. The highest BCUT2D eigenvalue weighted by Gasteiger charge is 2.25. The number of hydrogen-bond acceptors (Lipinski definition) is 1. The largest absolute Gasteiger partial charge is 0.303 e. The average molecular weight is 196 g/mol. The van der Waals surface area contributed by atoms with Gasteiger partial charge in [-0.25, -0.2) is 0 Å². The van der Waals surface area contributed by atoms with Crippen molar-refractivity contribution in [3.8, 4) is 0 Å². The van der Waals surface area contributed by atoms with Gasteiger partial charge in [-0.05, 0) is 45.7 Å². The molecule has 0 aromatic carbocycles. The van der Waals surface area contributed by atoms with E-state index in [9.17, 15) is 0 Å². The summed E-state index contributed by atoms with van der Waals surface area (Å²) in [6, 6.07) is 0. The Morgan fingerprint density at radius 3 is 2.36 bits per heavy atom. The van der Waals surface area contributed by atoms with Gasteiger partial charge in [0.25, 0.3) is 0 Å². The van der Waals surface area contributed by atoms with Crippen molar-refractivity contribution >= 4 is 0 Å². The lowest BCUT2D eigenvalue weighted by atomic mass is 9.86. The third-order valence-corrected chi connectivity index (χ3v) is 3.73. The van der Waals surface area contributed by atoms with E-state index in [-0.39, 0.29) is 0 Å². The Morgan fingerprint density at radius 2 is 1.86 bits per heavy atom. The maximum atomic E-state index is 2.63. The van der Waals surface area contributed by atoms with E-state index in [0.717, 1.165) is 5.92 Å². The van der Waals surface area contributed by atoms with E-state index in [1.165, 1.54) is 38.9 Å². The van der Waals surface area contributed by atoms with Crippen LogP contribution in [-0.4, -0.2) is 24.5 Å². The van der Waals surface area contributed by atoms with Gasteiger partial charge in [0, 0.05) is 13.0 Å². The predicted octanol–water partition coefficient (Wildman–Crippen LogP) is 3.36. The van der Waals surface area contributed by atoms with Gasteiger partial charge in [-0.3, -0.25) is 0 Å². The molecule has 1 aliphatic rings. The van der Waals surface area contributed by atoms with Gasteiger partial charge in [0.1, 0.15) is 5.41 Å². The molecule has 0 atom stereocenters. The molecule has 1 saturated heterocycles. The summed E-state index contributed by atoms with van der Waals surface area (Å²) in [5.41, 5.74) is 0.420. The molecule has 1 heterocycles. The molecule has 0 spiro atoms. The van der Waals surface area contributed by atoms with Gasteiger partial charge in [-0.2, -0.15) is 0 Å². The second kappa shape index (κ2) is 5.06. The third kappa shape index (κ3) is 3.91. The van der Waals surface area contributed by atoms with E-state index >= 15 is 0 Å². The lowest BCUT2D eigenvalue weighted by Crippen LogP contribution is -2.35. The first-order chi connectivity index (χ1) is 6.53. The maximum absolute atomic E-state index is 2.63. The first kappa shape index (κ1) is 11.9. The van der Waals surface area contributed by atoms with E-state index in [0.29, 0.717) is 5.41 Å². The van der Waals surface area contributed by atoms with Crippen molar-refractivity contribution in [2.75, 3.05) is 19.6 Å². The molecule has 0 aromatic heterocycles. The van der Waals surface area contributed by atoms with Crippen molar-refractivity contribution in [3.63, 3.8) is 0 Å². The van der Waals surface area contributed by atoms with Gasteiger partial charge in [0.2, 0.25) is 0 Å². The standard InChI is InChI=1S/C13H26N/c1-5-13(3,4)8-11-14-9-6-12(2)7-10-14/h5,12H,6-11H2,1-4H3/q+1. The zero-order valence-electron chi connectivity index (χ0n) is 10.3. The number of nitrogens with zero attached hydrogens (tertiary/aromatic N) is 1. The van der Waals surface area contributed by atoms with Crippen LogP contribution in [0.15, 0.2) is 0 Å². The second-order valence-corrected chi connectivity index (χ2v) is 5.55. The van der Waals surface area contributed by atoms with Crippen LogP contribution in [0.5, 0.6) is 0 Å². The number of likely N-dealkylation sites (tertiary alicyclic amines) is 1. The Labute approximate surface area is 89.9 Å². The van der Waals surface area contributed by atoms with Gasteiger partial charge >= 0.3 is 0 Å². The summed E-state index contributed by atoms with van der Waals surface area (Å²) in [7, 11) is 0. The minimum absolute atomic E-state index is 0.420. The van der Waals surface area contributed by atoms with Crippen LogP contribution in [0, 0.1) is 17.8 Å². The summed E-state index contributed by atoms with van der Waals surface area (Å²) >= 11 is 0. The van der Waals surface area contributed by atoms with Gasteiger partial charge < -0.3 is 4.90 Å². The maximum Gasteiger partial charge on any atom is 0.103 e. The molecule has 0 aromatic rings. The first-order valence-electron chi connectivity index (χ1n) is 6.06. The monoisotopic (exact) mass is 196 g/mol. The highest BCUT2D eigenvalue weighted by atomic mass is 15.1. The molecule has 82 valence electrons. The molecule has 1 aliphatic heterocycles. The van der Waals surface area contributed by atoms with Gasteiger partial charge in [-0.1, -0.05) is 6.92 Å². The summed E-state index contributed by atoms with van der Waals surface area (Å²) in [5, 5.41) is 0. The quantitative estimate of drug-likeness (QED) is 0.623. The third-order valence-electron chi connectivity index (χ3n) is 3.73. The fourth-order valence-electron chi connectivity index (χ4n) is 1.88. The zero-order valence-corrected chi connectivity index (χ0v) is 10.3. The van der Waals surface area contributed by atoms with Crippen LogP contribution in [0.3, 0.4) is 0 Å². The van der Waals surface area contributed by atoms with E-state index in [4.69, 9.17) is 0 Å². The number of hydrogen-bond donors (Lipinski definition) is 0. The summed E-state index contributed by atoms with van der Waals surface area (Å²) in [6.45, 7) is 13.1. The van der Waals surface area contributed by atoms with Crippen LogP contribution in [0.25, 0.3) is 0 Å². The minimum Gasteiger partial charge on any atom is -0.303 e. The Kier molecular flexibility index (Phi) is 4.31. The van der Waals surface area contributed by atoms with Gasteiger partial charge in [0.05, 0.1) is 13.3 Å². The summed E-state index contributed by atoms with van der Waals surface area (Å²) in [4.78, 5) is 2.63. The molecule has 1 nitrogen and oxygen atoms in total. The molecule has 14 heavy (non-hydrogen) atoms. The molecule has 0 saturated carbocycles. The SMILES string of the molecule is C[CH+]C(C)(C)CCN1CCC(C)CC1. The molecule has 0 N–H and O–H groups in total. The van der Waals surface area contributed by atoms with Crippen molar-refractivity contribution in [1.29, 1.82) is 0 Å². The van der Waals surface area contributed by atoms with Gasteiger partial charge in [0.15, 0.2) is 0 Å². The summed E-state index contributed by atoms with van der Waals surface area (Å²) < 4.78 is 0. The molecular formula is C13H26N+. The average Bonchev–Trinajstić information content (AvgIpc) is 2.17. The van der Waals surface area contributed by atoms with Crippen molar-refractivity contribution in [2.45, 2.75) is 47.0 Å². The Bertz CT molecular complexity index is 155. The fraction of sp³-hybridized carbons (Fsp3) is 0.923. The summed E-state index contributed by atoms with van der Waals surface area (Å²) in [5.74, 6) is 0.956. The van der Waals surface area contributed by atoms with Crippen molar-refractivity contribution in [1.82, 2.24) is 4.90 Å². The Balaban J connectivity index is 2.19. The highest BCUT2D eigenvalue weighted by molar-refractivity contribution is 4.82. The minimum atomic E-state index is 0.420. The second-order valence-electron chi connectivity index (χ2n) is 5.55. The topological polar surface area (TPSA) is 3.24 Å². The molecule has 0 aliphatic carbocycles.